The molecule has 2 rings (SSSR count). The lowest BCUT2D eigenvalue weighted by Gasteiger charge is -2.30. The third-order valence-corrected chi connectivity index (χ3v) is 3.21. The molecule has 2 atom stereocenters. The third-order valence-electron chi connectivity index (χ3n) is 3.21. The van der Waals surface area contributed by atoms with E-state index in [0.717, 1.165) is 25.7 Å². The van der Waals surface area contributed by atoms with Gasteiger partial charge in [-0.3, -0.25) is 4.79 Å². The summed E-state index contributed by atoms with van der Waals surface area (Å²) in [5.41, 5.74) is 0. The Morgan fingerprint density at radius 3 is 2.80 bits per heavy atom. The summed E-state index contributed by atoms with van der Waals surface area (Å²) in [6.45, 7) is 1.28. The molecule has 82 valence electrons. The monoisotopic (exact) mass is 208 g/mol. The van der Waals surface area contributed by atoms with Crippen LogP contribution in [0, 0.1) is 23.2 Å². The first-order valence-corrected chi connectivity index (χ1v) is 5.57. The summed E-state index contributed by atoms with van der Waals surface area (Å²) in [4.78, 5) is 11.8. The molecule has 2 aliphatic rings. The Labute approximate surface area is 89.6 Å². The van der Waals surface area contributed by atoms with E-state index in [9.17, 15) is 4.79 Å². The molecular weight excluding hydrogens is 192 g/mol. The van der Waals surface area contributed by atoms with Crippen molar-refractivity contribution < 1.29 is 9.53 Å². The quantitative estimate of drug-likeness (QED) is 0.731. The van der Waals surface area contributed by atoms with E-state index in [4.69, 9.17) is 10.00 Å². The Bertz CT molecular complexity index is 281. The summed E-state index contributed by atoms with van der Waals surface area (Å²) < 4.78 is 5.00. The van der Waals surface area contributed by atoms with Crippen molar-refractivity contribution in [2.45, 2.75) is 31.7 Å². The summed E-state index contributed by atoms with van der Waals surface area (Å²) in [5, 5.41) is 11.8. The van der Waals surface area contributed by atoms with Gasteiger partial charge in [-0.1, -0.05) is 6.42 Å². The van der Waals surface area contributed by atoms with Gasteiger partial charge in [0, 0.05) is 11.8 Å². The molecule has 1 saturated heterocycles. The predicted octanol–water partition coefficient (Wildman–Crippen LogP) is 0.831. The SMILES string of the molecule is N#CC1CCCC(C(=O)NC2COC2)C1. The Balaban J connectivity index is 1.81. The summed E-state index contributed by atoms with van der Waals surface area (Å²) in [6, 6.07) is 2.47. The van der Waals surface area contributed by atoms with Crippen LogP contribution < -0.4 is 5.32 Å². The van der Waals surface area contributed by atoms with Crippen LogP contribution in [0.3, 0.4) is 0 Å². The number of nitrogens with zero attached hydrogens (tertiary/aromatic N) is 1. The van der Waals surface area contributed by atoms with Crippen molar-refractivity contribution in [1.29, 1.82) is 5.26 Å². The van der Waals surface area contributed by atoms with Gasteiger partial charge in [-0.05, 0) is 19.3 Å². The van der Waals surface area contributed by atoms with Crippen molar-refractivity contribution in [2.24, 2.45) is 11.8 Å². The van der Waals surface area contributed by atoms with Crippen LogP contribution in [0.4, 0.5) is 0 Å². The molecule has 0 bridgehead atoms. The molecule has 0 aromatic heterocycles. The fraction of sp³-hybridized carbons (Fsp3) is 0.818. The molecule has 1 saturated carbocycles. The van der Waals surface area contributed by atoms with Gasteiger partial charge in [-0.25, -0.2) is 0 Å². The first-order chi connectivity index (χ1) is 7.29. The van der Waals surface area contributed by atoms with Gasteiger partial charge >= 0.3 is 0 Å². The maximum atomic E-state index is 11.8. The number of carbonyl (C=O) groups is 1. The molecule has 1 aliphatic heterocycles. The zero-order chi connectivity index (χ0) is 10.7. The standard InChI is InChI=1S/C11H16N2O2/c12-5-8-2-1-3-9(4-8)11(14)13-10-6-15-7-10/h8-10H,1-4,6-7H2,(H,13,14). The van der Waals surface area contributed by atoms with E-state index in [1.165, 1.54) is 0 Å². The highest BCUT2D eigenvalue weighted by atomic mass is 16.5. The molecule has 0 aromatic rings. The van der Waals surface area contributed by atoms with Crippen LogP contribution in [0.25, 0.3) is 0 Å². The maximum Gasteiger partial charge on any atom is 0.223 e. The molecule has 1 N–H and O–H groups in total. The molecule has 0 radical (unpaired) electrons. The van der Waals surface area contributed by atoms with Crippen LogP contribution in [0.5, 0.6) is 0 Å². The van der Waals surface area contributed by atoms with E-state index >= 15 is 0 Å². The van der Waals surface area contributed by atoms with Gasteiger partial charge in [0.1, 0.15) is 0 Å². The van der Waals surface area contributed by atoms with Gasteiger partial charge in [0.15, 0.2) is 0 Å². The average Bonchev–Trinajstić information content (AvgIpc) is 2.23. The lowest BCUT2D eigenvalue weighted by molar-refractivity contribution is -0.130. The van der Waals surface area contributed by atoms with Gasteiger partial charge in [-0.2, -0.15) is 5.26 Å². The number of rotatable bonds is 2. The first kappa shape index (κ1) is 10.4. The van der Waals surface area contributed by atoms with Gasteiger partial charge in [-0.15, -0.1) is 0 Å². The second-order valence-electron chi connectivity index (χ2n) is 4.43. The summed E-state index contributed by atoms with van der Waals surface area (Å²) in [6.07, 6.45) is 3.61. The minimum absolute atomic E-state index is 0.0454. The normalized spacial score (nSPS) is 31.4. The van der Waals surface area contributed by atoms with Gasteiger partial charge in [0.2, 0.25) is 5.91 Å². The molecular formula is C11H16N2O2. The Hall–Kier alpha value is -1.08. The molecule has 0 spiro atoms. The van der Waals surface area contributed by atoms with E-state index < -0.39 is 0 Å². The number of hydrogen-bond donors (Lipinski definition) is 1. The minimum Gasteiger partial charge on any atom is -0.377 e. The second kappa shape index (κ2) is 4.63. The number of hydrogen-bond acceptors (Lipinski definition) is 3. The number of nitriles is 1. The van der Waals surface area contributed by atoms with Gasteiger partial charge in [0.05, 0.1) is 25.3 Å². The smallest absolute Gasteiger partial charge is 0.223 e. The molecule has 1 amide bonds. The zero-order valence-corrected chi connectivity index (χ0v) is 8.74. The molecule has 4 heteroatoms. The number of amides is 1. The van der Waals surface area contributed by atoms with E-state index in [1.54, 1.807) is 0 Å². The second-order valence-corrected chi connectivity index (χ2v) is 4.43. The van der Waals surface area contributed by atoms with Crippen LogP contribution >= 0.6 is 0 Å². The fourth-order valence-electron chi connectivity index (χ4n) is 2.18. The van der Waals surface area contributed by atoms with Crippen molar-refractivity contribution in [3.63, 3.8) is 0 Å². The minimum atomic E-state index is 0.0454. The number of ether oxygens (including phenoxy) is 1. The number of carbonyl (C=O) groups excluding carboxylic acids is 1. The van der Waals surface area contributed by atoms with Crippen molar-refractivity contribution >= 4 is 5.91 Å². The lowest BCUT2D eigenvalue weighted by atomic mass is 9.81. The van der Waals surface area contributed by atoms with E-state index in [-0.39, 0.29) is 23.8 Å². The van der Waals surface area contributed by atoms with Crippen LogP contribution in [-0.2, 0) is 9.53 Å². The highest BCUT2D eigenvalue weighted by Gasteiger charge is 2.29. The van der Waals surface area contributed by atoms with E-state index in [0.29, 0.717) is 13.2 Å². The van der Waals surface area contributed by atoms with Gasteiger partial charge in [0.25, 0.3) is 0 Å². The summed E-state index contributed by atoms with van der Waals surface area (Å²) in [7, 11) is 0. The molecule has 0 aromatic carbocycles. The highest BCUT2D eigenvalue weighted by molar-refractivity contribution is 5.79. The van der Waals surface area contributed by atoms with E-state index in [1.807, 2.05) is 0 Å². The fourth-order valence-corrected chi connectivity index (χ4v) is 2.18. The van der Waals surface area contributed by atoms with Crippen LogP contribution in [-0.4, -0.2) is 25.2 Å². The van der Waals surface area contributed by atoms with Crippen molar-refractivity contribution in [3.05, 3.63) is 0 Å². The molecule has 15 heavy (non-hydrogen) atoms. The van der Waals surface area contributed by atoms with Crippen LogP contribution in [0.15, 0.2) is 0 Å². The zero-order valence-electron chi connectivity index (χ0n) is 8.74. The maximum absolute atomic E-state index is 11.8. The van der Waals surface area contributed by atoms with Crippen LogP contribution in [0.2, 0.25) is 0 Å². The first-order valence-electron chi connectivity index (χ1n) is 5.57. The molecule has 2 fully saturated rings. The predicted molar refractivity (Wildman–Crippen MR) is 53.8 cm³/mol. The average molecular weight is 208 g/mol. The molecule has 1 aliphatic carbocycles. The molecule has 4 nitrogen and oxygen atoms in total. The Morgan fingerprint density at radius 2 is 2.20 bits per heavy atom. The van der Waals surface area contributed by atoms with Crippen molar-refractivity contribution in [3.8, 4) is 6.07 Å². The van der Waals surface area contributed by atoms with Crippen molar-refractivity contribution in [1.82, 2.24) is 5.32 Å². The third kappa shape index (κ3) is 2.48. The van der Waals surface area contributed by atoms with Gasteiger partial charge < -0.3 is 10.1 Å². The van der Waals surface area contributed by atoms with Crippen LogP contribution in [0.1, 0.15) is 25.7 Å². The van der Waals surface area contributed by atoms with Crippen molar-refractivity contribution in [2.75, 3.05) is 13.2 Å². The largest absolute Gasteiger partial charge is 0.377 e. The summed E-state index contributed by atoms with van der Waals surface area (Å²) in [5.74, 6) is 0.236. The highest BCUT2D eigenvalue weighted by Crippen LogP contribution is 2.28. The van der Waals surface area contributed by atoms with E-state index in [2.05, 4.69) is 11.4 Å². The Kier molecular flexibility index (Phi) is 3.22. The topological polar surface area (TPSA) is 62.1 Å². The Morgan fingerprint density at radius 1 is 1.40 bits per heavy atom. The lowest BCUT2D eigenvalue weighted by Crippen LogP contribution is -2.50. The molecule has 1 heterocycles. The summed E-state index contributed by atoms with van der Waals surface area (Å²) >= 11 is 0. The molecule has 2 unspecified atom stereocenters. The number of nitrogens with one attached hydrogen (secondary N) is 1.